The Balaban J connectivity index is 1.51. The molecule has 0 unspecified atom stereocenters. The fourth-order valence-corrected chi connectivity index (χ4v) is 3.38. The van der Waals surface area contributed by atoms with Gasteiger partial charge in [0.2, 0.25) is 0 Å². The van der Waals surface area contributed by atoms with Crippen molar-refractivity contribution in [2.45, 2.75) is 31.8 Å². The number of likely N-dealkylation sites (tertiary alicyclic amines) is 1. The molecule has 1 amide bonds. The molecule has 1 atom stereocenters. The van der Waals surface area contributed by atoms with Crippen molar-refractivity contribution in [3.63, 3.8) is 0 Å². The van der Waals surface area contributed by atoms with E-state index in [-0.39, 0.29) is 11.3 Å². The summed E-state index contributed by atoms with van der Waals surface area (Å²) in [5.74, 6) is -0.338. The summed E-state index contributed by atoms with van der Waals surface area (Å²) in [4.78, 5) is 14.6. The molecular formula is C17H23ClN2O2. The zero-order valence-electron chi connectivity index (χ0n) is 12.7. The third-order valence-corrected chi connectivity index (χ3v) is 5.00. The van der Waals surface area contributed by atoms with E-state index >= 15 is 0 Å². The predicted molar refractivity (Wildman–Crippen MR) is 86.8 cm³/mol. The fraction of sp³-hybridized carbons (Fsp3) is 0.588. The highest BCUT2D eigenvalue weighted by Crippen LogP contribution is 2.46. The van der Waals surface area contributed by atoms with Crippen molar-refractivity contribution >= 4 is 17.5 Å². The highest BCUT2D eigenvalue weighted by Gasteiger charge is 2.44. The van der Waals surface area contributed by atoms with E-state index in [9.17, 15) is 9.90 Å². The van der Waals surface area contributed by atoms with Crippen molar-refractivity contribution < 1.29 is 9.90 Å². The van der Waals surface area contributed by atoms with Crippen LogP contribution >= 0.6 is 11.6 Å². The van der Waals surface area contributed by atoms with Crippen molar-refractivity contribution in [1.82, 2.24) is 10.2 Å². The van der Waals surface area contributed by atoms with Gasteiger partial charge in [0.25, 0.3) is 5.91 Å². The zero-order chi connectivity index (χ0) is 15.6. The molecule has 120 valence electrons. The van der Waals surface area contributed by atoms with Crippen LogP contribution in [0.15, 0.2) is 24.3 Å². The Morgan fingerprint density at radius 1 is 1.36 bits per heavy atom. The molecule has 2 aliphatic rings. The molecule has 1 aromatic rings. The average molecular weight is 323 g/mol. The maximum atomic E-state index is 12.1. The summed E-state index contributed by atoms with van der Waals surface area (Å²) < 4.78 is 0. The Morgan fingerprint density at radius 2 is 2.09 bits per heavy atom. The van der Waals surface area contributed by atoms with Gasteiger partial charge < -0.3 is 15.3 Å². The van der Waals surface area contributed by atoms with Crippen LogP contribution in [0, 0.1) is 5.41 Å². The Hall–Kier alpha value is -1.10. The largest absolute Gasteiger partial charge is 0.378 e. The van der Waals surface area contributed by atoms with Gasteiger partial charge in [-0.2, -0.15) is 0 Å². The standard InChI is InChI=1S/C17H23ClN2O2/c18-14-5-3-4-13(10-14)15(21)16(22)19-11-17(6-7-17)12-20-8-1-2-9-20/h3-5,10,15,21H,1-2,6-9,11-12H2,(H,19,22)/t15-/m1/s1. The molecule has 0 bridgehead atoms. The summed E-state index contributed by atoms with van der Waals surface area (Å²) in [6.45, 7) is 4.09. The average Bonchev–Trinajstić information content (AvgIpc) is 3.08. The molecule has 1 aliphatic heterocycles. The number of amides is 1. The zero-order valence-corrected chi connectivity index (χ0v) is 13.5. The van der Waals surface area contributed by atoms with Gasteiger partial charge in [0.15, 0.2) is 6.10 Å². The molecule has 2 fully saturated rings. The maximum absolute atomic E-state index is 12.1. The topological polar surface area (TPSA) is 52.6 Å². The molecule has 1 heterocycles. The smallest absolute Gasteiger partial charge is 0.253 e. The lowest BCUT2D eigenvalue weighted by molar-refractivity contribution is -0.129. The minimum absolute atomic E-state index is 0.230. The maximum Gasteiger partial charge on any atom is 0.253 e. The highest BCUT2D eigenvalue weighted by molar-refractivity contribution is 6.30. The van der Waals surface area contributed by atoms with Crippen molar-refractivity contribution in [3.05, 3.63) is 34.9 Å². The van der Waals surface area contributed by atoms with E-state index in [0.717, 1.165) is 19.4 Å². The number of benzene rings is 1. The highest BCUT2D eigenvalue weighted by atomic mass is 35.5. The van der Waals surface area contributed by atoms with Crippen LogP contribution in [0.5, 0.6) is 0 Å². The molecule has 1 saturated heterocycles. The number of hydrogen-bond donors (Lipinski definition) is 2. The van der Waals surface area contributed by atoms with Crippen molar-refractivity contribution in [1.29, 1.82) is 0 Å². The van der Waals surface area contributed by atoms with E-state index in [1.807, 2.05) is 0 Å². The number of aliphatic hydroxyl groups excluding tert-OH is 1. The summed E-state index contributed by atoms with van der Waals surface area (Å²) in [6, 6.07) is 6.81. The van der Waals surface area contributed by atoms with Gasteiger partial charge in [-0.15, -0.1) is 0 Å². The van der Waals surface area contributed by atoms with Gasteiger partial charge in [-0.1, -0.05) is 23.7 Å². The summed E-state index contributed by atoms with van der Waals surface area (Å²) in [6.07, 6.45) is 3.75. The summed E-state index contributed by atoms with van der Waals surface area (Å²) in [7, 11) is 0. The number of nitrogens with one attached hydrogen (secondary N) is 1. The van der Waals surface area contributed by atoms with Gasteiger partial charge in [-0.3, -0.25) is 4.79 Å². The molecule has 0 aromatic heterocycles. The van der Waals surface area contributed by atoms with Crippen LogP contribution < -0.4 is 5.32 Å². The van der Waals surface area contributed by atoms with Crippen LogP contribution in [-0.4, -0.2) is 42.1 Å². The van der Waals surface area contributed by atoms with Crippen LogP contribution in [0.3, 0.4) is 0 Å². The Morgan fingerprint density at radius 3 is 2.73 bits per heavy atom. The van der Waals surface area contributed by atoms with Gasteiger partial charge in [0.1, 0.15) is 0 Å². The minimum Gasteiger partial charge on any atom is -0.378 e. The van der Waals surface area contributed by atoms with Gasteiger partial charge >= 0.3 is 0 Å². The predicted octanol–water partition coefficient (Wildman–Crippen LogP) is 2.37. The summed E-state index contributed by atoms with van der Waals surface area (Å²) in [5, 5.41) is 13.6. The number of carbonyl (C=O) groups is 1. The molecule has 0 spiro atoms. The lowest BCUT2D eigenvalue weighted by Gasteiger charge is -2.23. The first-order chi connectivity index (χ1) is 10.6. The Bertz CT molecular complexity index is 539. The molecule has 3 rings (SSSR count). The second kappa shape index (κ2) is 6.57. The van der Waals surface area contributed by atoms with Gasteiger partial charge in [0.05, 0.1) is 0 Å². The molecule has 1 saturated carbocycles. The first-order valence-corrected chi connectivity index (χ1v) is 8.39. The van der Waals surface area contributed by atoms with E-state index in [2.05, 4.69) is 10.2 Å². The number of hydrogen-bond acceptors (Lipinski definition) is 3. The number of aliphatic hydroxyl groups is 1. The van der Waals surface area contributed by atoms with E-state index in [1.54, 1.807) is 24.3 Å². The molecule has 1 aliphatic carbocycles. The fourth-order valence-electron chi connectivity index (χ4n) is 3.18. The first-order valence-electron chi connectivity index (χ1n) is 8.02. The van der Waals surface area contributed by atoms with E-state index in [1.165, 1.54) is 25.9 Å². The van der Waals surface area contributed by atoms with Crippen molar-refractivity contribution in [3.8, 4) is 0 Å². The van der Waals surface area contributed by atoms with E-state index in [0.29, 0.717) is 17.1 Å². The number of nitrogens with zero attached hydrogens (tertiary/aromatic N) is 1. The molecule has 4 nitrogen and oxygen atoms in total. The van der Waals surface area contributed by atoms with Gasteiger partial charge in [-0.25, -0.2) is 0 Å². The SMILES string of the molecule is O=C(NCC1(CN2CCCC2)CC1)[C@H](O)c1cccc(Cl)c1. The van der Waals surface area contributed by atoms with Crippen LogP contribution in [0.4, 0.5) is 0 Å². The first kappa shape index (κ1) is 15.8. The normalized spacial score (nSPS) is 21.5. The quantitative estimate of drug-likeness (QED) is 0.845. The second-order valence-corrected chi connectivity index (χ2v) is 7.10. The van der Waals surface area contributed by atoms with Gasteiger partial charge in [0, 0.05) is 23.5 Å². The molecule has 1 aromatic carbocycles. The van der Waals surface area contributed by atoms with E-state index in [4.69, 9.17) is 11.6 Å². The third-order valence-electron chi connectivity index (χ3n) is 4.77. The monoisotopic (exact) mass is 322 g/mol. The molecule has 0 radical (unpaired) electrons. The Labute approximate surface area is 136 Å². The van der Waals surface area contributed by atoms with Crippen molar-refractivity contribution in [2.24, 2.45) is 5.41 Å². The lowest BCUT2D eigenvalue weighted by atomic mass is 10.1. The third kappa shape index (κ3) is 3.80. The van der Waals surface area contributed by atoms with Crippen LogP contribution in [-0.2, 0) is 4.79 Å². The van der Waals surface area contributed by atoms with Crippen LogP contribution in [0.2, 0.25) is 5.02 Å². The van der Waals surface area contributed by atoms with E-state index < -0.39 is 6.10 Å². The van der Waals surface area contributed by atoms with Crippen LogP contribution in [0.1, 0.15) is 37.4 Å². The summed E-state index contributed by atoms with van der Waals surface area (Å²) in [5.41, 5.74) is 0.767. The molecule has 5 heteroatoms. The van der Waals surface area contributed by atoms with Crippen LogP contribution in [0.25, 0.3) is 0 Å². The molecular weight excluding hydrogens is 300 g/mol. The number of halogens is 1. The molecule has 2 N–H and O–H groups in total. The number of rotatable bonds is 6. The number of carbonyl (C=O) groups excluding carboxylic acids is 1. The summed E-state index contributed by atoms with van der Waals surface area (Å²) >= 11 is 5.90. The molecule has 22 heavy (non-hydrogen) atoms. The van der Waals surface area contributed by atoms with Gasteiger partial charge in [-0.05, 0) is 56.5 Å². The second-order valence-electron chi connectivity index (χ2n) is 6.66. The Kier molecular flexibility index (Phi) is 4.71. The minimum atomic E-state index is -1.15. The lowest BCUT2D eigenvalue weighted by Crippen LogP contribution is -2.39. The van der Waals surface area contributed by atoms with Crippen molar-refractivity contribution in [2.75, 3.05) is 26.2 Å².